The molecule has 0 aliphatic carbocycles. The summed E-state index contributed by atoms with van der Waals surface area (Å²) in [4.78, 5) is 14.6. The molecule has 1 aliphatic rings. The lowest BCUT2D eigenvalue weighted by atomic mass is 9.99. The Morgan fingerprint density at radius 2 is 2.29 bits per heavy atom. The molecule has 1 N–H and O–H groups in total. The highest BCUT2D eigenvalue weighted by atomic mass is 16.2. The fraction of sp³-hybridized carbons (Fsp3) is 0.533. The van der Waals surface area contributed by atoms with Gasteiger partial charge in [-0.2, -0.15) is 10.2 Å². The maximum atomic E-state index is 12.6. The monoisotopic (exact) mass is 287 g/mol. The molecule has 1 saturated heterocycles. The highest BCUT2D eigenvalue weighted by Gasteiger charge is 2.28. The van der Waals surface area contributed by atoms with E-state index in [1.807, 2.05) is 28.6 Å². The number of carbonyl (C=O) groups is 1. The van der Waals surface area contributed by atoms with Crippen LogP contribution in [0.1, 0.15) is 43.1 Å². The molecule has 0 spiro atoms. The summed E-state index contributed by atoms with van der Waals surface area (Å²) in [5.41, 5.74) is 2.13. The Morgan fingerprint density at radius 1 is 1.38 bits per heavy atom. The fourth-order valence-corrected chi connectivity index (χ4v) is 2.98. The van der Waals surface area contributed by atoms with E-state index in [2.05, 4.69) is 15.3 Å². The first-order valence-corrected chi connectivity index (χ1v) is 7.53. The van der Waals surface area contributed by atoms with Gasteiger partial charge in [0.1, 0.15) is 0 Å². The van der Waals surface area contributed by atoms with E-state index in [0.717, 1.165) is 37.2 Å². The zero-order valence-electron chi connectivity index (χ0n) is 12.3. The van der Waals surface area contributed by atoms with Gasteiger partial charge in [0.05, 0.1) is 11.7 Å². The van der Waals surface area contributed by atoms with Gasteiger partial charge in [-0.05, 0) is 38.3 Å². The number of piperidine rings is 1. The fourth-order valence-electron chi connectivity index (χ4n) is 2.98. The summed E-state index contributed by atoms with van der Waals surface area (Å²) in [6, 6.07) is 4.07. The second-order valence-electron chi connectivity index (χ2n) is 5.56. The van der Waals surface area contributed by atoms with E-state index >= 15 is 0 Å². The summed E-state index contributed by atoms with van der Waals surface area (Å²) < 4.78 is 1.88. The number of nitrogens with one attached hydrogen (secondary N) is 1. The van der Waals surface area contributed by atoms with Gasteiger partial charge in [0.2, 0.25) is 5.91 Å². The van der Waals surface area contributed by atoms with Crippen LogP contribution in [0.5, 0.6) is 0 Å². The van der Waals surface area contributed by atoms with Crippen LogP contribution in [0.4, 0.5) is 0 Å². The highest BCUT2D eigenvalue weighted by Crippen LogP contribution is 2.30. The number of nitrogens with zero attached hydrogens (tertiary/aromatic N) is 4. The molecular formula is C15H21N5O. The molecule has 1 aliphatic heterocycles. The standard InChI is InChI=1S/C15H21N5O/c1-12-5-9-17-20(12)11-7-15(21)19-10-3-2-4-14(19)13-6-8-16-18-13/h5-6,8-9,14H,2-4,7,10-11H2,1H3,(H,16,18)/t14-/m1/s1. The zero-order valence-corrected chi connectivity index (χ0v) is 12.3. The predicted octanol–water partition coefficient (Wildman–Crippen LogP) is 2.06. The van der Waals surface area contributed by atoms with E-state index in [1.165, 1.54) is 0 Å². The molecule has 0 radical (unpaired) electrons. The van der Waals surface area contributed by atoms with Crippen LogP contribution in [0.3, 0.4) is 0 Å². The normalized spacial score (nSPS) is 18.9. The van der Waals surface area contributed by atoms with Gasteiger partial charge < -0.3 is 4.90 Å². The topological polar surface area (TPSA) is 66.8 Å². The van der Waals surface area contributed by atoms with Gasteiger partial charge in [-0.3, -0.25) is 14.6 Å². The summed E-state index contributed by atoms with van der Waals surface area (Å²) in [6.45, 7) is 3.48. The van der Waals surface area contributed by atoms with Crippen molar-refractivity contribution in [2.75, 3.05) is 6.54 Å². The minimum Gasteiger partial charge on any atom is -0.334 e. The Bertz CT molecular complexity index is 589. The molecule has 1 amide bonds. The summed E-state index contributed by atoms with van der Waals surface area (Å²) in [5, 5.41) is 11.3. The second kappa shape index (κ2) is 6.11. The van der Waals surface area contributed by atoms with Crippen molar-refractivity contribution in [2.24, 2.45) is 0 Å². The minimum absolute atomic E-state index is 0.146. The lowest BCUT2D eigenvalue weighted by Crippen LogP contribution is -2.39. The lowest BCUT2D eigenvalue weighted by Gasteiger charge is -2.35. The van der Waals surface area contributed by atoms with Crippen molar-refractivity contribution in [1.82, 2.24) is 24.9 Å². The molecule has 0 saturated carbocycles. The van der Waals surface area contributed by atoms with E-state index in [-0.39, 0.29) is 11.9 Å². The molecule has 2 aromatic rings. The van der Waals surface area contributed by atoms with Gasteiger partial charge in [-0.25, -0.2) is 0 Å². The van der Waals surface area contributed by atoms with Crippen molar-refractivity contribution in [2.45, 2.75) is 45.2 Å². The molecule has 0 unspecified atom stereocenters. The number of hydrogen-bond acceptors (Lipinski definition) is 3. The second-order valence-corrected chi connectivity index (χ2v) is 5.56. The summed E-state index contributed by atoms with van der Waals surface area (Å²) in [7, 11) is 0. The van der Waals surface area contributed by atoms with Crippen LogP contribution >= 0.6 is 0 Å². The molecule has 6 nitrogen and oxygen atoms in total. The molecule has 3 heterocycles. The van der Waals surface area contributed by atoms with Crippen molar-refractivity contribution in [3.05, 3.63) is 35.9 Å². The number of aromatic nitrogens is 4. The largest absolute Gasteiger partial charge is 0.334 e. The SMILES string of the molecule is Cc1ccnn1CCC(=O)N1CCCC[C@@H]1c1ccn[nH]1. The van der Waals surface area contributed by atoms with Crippen LogP contribution in [-0.4, -0.2) is 37.3 Å². The summed E-state index contributed by atoms with van der Waals surface area (Å²) >= 11 is 0. The Morgan fingerprint density at radius 3 is 3.00 bits per heavy atom. The van der Waals surface area contributed by atoms with Crippen molar-refractivity contribution in [3.8, 4) is 0 Å². The third-order valence-electron chi connectivity index (χ3n) is 4.17. The van der Waals surface area contributed by atoms with Crippen LogP contribution in [0, 0.1) is 6.92 Å². The molecule has 6 heteroatoms. The van der Waals surface area contributed by atoms with E-state index in [9.17, 15) is 4.79 Å². The van der Waals surface area contributed by atoms with Crippen LogP contribution in [0.15, 0.2) is 24.5 Å². The van der Waals surface area contributed by atoms with Crippen molar-refractivity contribution in [1.29, 1.82) is 0 Å². The average Bonchev–Trinajstić information content (AvgIpc) is 3.16. The molecule has 3 rings (SSSR count). The van der Waals surface area contributed by atoms with Gasteiger partial charge in [0.25, 0.3) is 0 Å². The van der Waals surface area contributed by atoms with Crippen LogP contribution < -0.4 is 0 Å². The van der Waals surface area contributed by atoms with Crippen molar-refractivity contribution >= 4 is 5.91 Å². The van der Waals surface area contributed by atoms with Gasteiger partial charge in [0, 0.05) is 37.6 Å². The summed E-state index contributed by atoms with van der Waals surface area (Å²) in [6.07, 6.45) is 7.26. The number of amides is 1. The number of aryl methyl sites for hydroxylation is 2. The van der Waals surface area contributed by atoms with Gasteiger partial charge in [0.15, 0.2) is 0 Å². The zero-order chi connectivity index (χ0) is 14.7. The summed E-state index contributed by atoms with van der Waals surface area (Å²) in [5.74, 6) is 0.198. The Labute approximate surface area is 124 Å². The minimum atomic E-state index is 0.146. The Balaban J connectivity index is 1.65. The van der Waals surface area contributed by atoms with Crippen LogP contribution in [0.2, 0.25) is 0 Å². The first-order chi connectivity index (χ1) is 10.3. The molecular weight excluding hydrogens is 266 g/mol. The maximum Gasteiger partial charge on any atom is 0.224 e. The van der Waals surface area contributed by atoms with E-state index in [4.69, 9.17) is 0 Å². The number of carbonyl (C=O) groups excluding carboxylic acids is 1. The maximum absolute atomic E-state index is 12.6. The number of likely N-dealkylation sites (tertiary alicyclic amines) is 1. The average molecular weight is 287 g/mol. The number of H-pyrrole nitrogens is 1. The molecule has 1 fully saturated rings. The molecule has 0 bridgehead atoms. The third kappa shape index (κ3) is 2.99. The number of aromatic amines is 1. The molecule has 1 atom stereocenters. The number of hydrogen-bond donors (Lipinski definition) is 1. The van der Waals surface area contributed by atoms with E-state index in [0.29, 0.717) is 13.0 Å². The van der Waals surface area contributed by atoms with E-state index < -0.39 is 0 Å². The van der Waals surface area contributed by atoms with E-state index in [1.54, 1.807) is 12.4 Å². The highest BCUT2D eigenvalue weighted by molar-refractivity contribution is 5.76. The Kier molecular flexibility index (Phi) is 4.03. The van der Waals surface area contributed by atoms with Crippen LogP contribution in [-0.2, 0) is 11.3 Å². The quantitative estimate of drug-likeness (QED) is 0.936. The van der Waals surface area contributed by atoms with Gasteiger partial charge in [-0.15, -0.1) is 0 Å². The van der Waals surface area contributed by atoms with Gasteiger partial charge >= 0.3 is 0 Å². The van der Waals surface area contributed by atoms with Crippen molar-refractivity contribution in [3.63, 3.8) is 0 Å². The molecule has 2 aromatic heterocycles. The lowest BCUT2D eigenvalue weighted by molar-refractivity contribution is -0.135. The Hall–Kier alpha value is -2.11. The van der Waals surface area contributed by atoms with Crippen molar-refractivity contribution < 1.29 is 4.79 Å². The smallest absolute Gasteiger partial charge is 0.224 e. The van der Waals surface area contributed by atoms with Crippen LogP contribution in [0.25, 0.3) is 0 Å². The van der Waals surface area contributed by atoms with Gasteiger partial charge in [-0.1, -0.05) is 0 Å². The first kappa shape index (κ1) is 13.9. The molecule has 21 heavy (non-hydrogen) atoms. The predicted molar refractivity (Wildman–Crippen MR) is 78.5 cm³/mol. The third-order valence-corrected chi connectivity index (χ3v) is 4.17. The molecule has 0 aromatic carbocycles. The molecule has 112 valence electrons. The number of rotatable bonds is 4. The first-order valence-electron chi connectivity index (χ1n) is 7.53.